The van der Waals surface area contributed by atoms with Gasteiger partial charge in [0.05, 0.1) is 12.2 Å². The van der Waals surface area contributed by atoms with Crippen molar-refractivity contribution in [2.75, 3.05) is 19.0 Å². The minimum Gasteiger partial charge on any atom is -0.452 e. The molecule has 0 atom stereocenters. The van der Waals surface area contributed by atoms with Gasteiger partial charge in [0.2, 0.25) is 0 Å². The van der Waals surface area contributed by atoms with Crippen LogP contribution in [0.4, 0.5) is 14.5 Å². The summed E-state index contributed by atoms with van der Waals surface area (Å²) < 4.78 is 35.7. The molecule has 1 N–H and O–H groups in total. The molecule has 0 aliphatic carbocycles. The third-order valence-electron chi connectivity index (χ3n) is 3.01. The molecule has 2 aromatic carbocycles. The van der Waals surface area contributed by atoms with Crippen LogP contribution in [-0.2, 0) is 20.9 Å². The third-order valence-corrected chi connectivity index (χ3v) is 3.01. The molecule has 126 valence electrons. The van der Waals surface area contributed by atoms with Crippen LogP contribution in [-0.4, -0.2) is 25.6 Å². The molecule has 2 aromatic rings. The number of amides is 1. The topological polar surface area (TPSA) is 64.6 Å². The highest BCUT2D eigenvalue weighted by atomic mass is 19.2. The molecular formula is C17H15F2NO4. The molecule has 0 aromatic heterocycles. The van der Waals surface area contributed by atoms with E-state index >= 15 is 0 Å². The van der Waals surface area contributed by atoms with E-state index in [0.717, 1.165) is 17.7 Å². The summed E-state index contributed by atoms with van der Waals surface area (Å²) in [4.78, 5) is 23.6. The lowest BCUT2D eigenvalue weighted by Crippen LogP contribution is -2.21. The Morgan fingerprint density at radius 3 is 2.58 bits per heavy atom. The number of nitrogens with one attached hydrogen (secondary N) is 1. The molecule has 1 amide bonds. The number of hydrogen-bond donors (Lipinski definition) is 1. The first-order valence-corrected chi connectivity index (χ1v) is 6.99. The molecule has 2 rings (SSSR count). The van der Waals surface area contributed by atoms with Gasteiger partial charge in [0, 0.05) is 18.9 Å². The van der Waals surface area contributed by atoms with Gasteiger partial charge in [-0.2, -0.15) is 0 Å². The molecule has 0 saturated carbocycles. The maximum absolute atomic E-state index is 13.0. The Balaban J connectivity index is 1.90. The fourth-order valence-corrected chi connectivity index (χ4v) is 1.94. The lowest BCUT2D eigenvalue weighted by molar-refractivity contribution is -0.119. The van der Waals surface area contributed by atoms with Crippen molar-refractivity contribution in [1.82, 2.24) is 0 Å². The van der Waals surface area contributed by atoms with Gasteiger partial charge >= 0.3 is 5.97 Å². The van der Waals surface area contributed by atoms with E-state index < -0.39 is 30.1 Å². The van der Waals surface area contributed by atoms with Crippen molar-refractivity contribution in [2.24, 2.45) is 0 Å². The minimum absolute atomic E-state index is 0.0667. The standard InChI is InChI=1S/C17H15F2NO4/c1-23-9-11-3-2-4-12(7-11)17(22)24-10-16(21)20-13-5-6-14(18)15(19)8-13/h2-8H,9-10H2,1H3,(H,20,21). The van der Waals surface area contributed by atoms with E-state index in [2.05, 4.69) is 5.32 Å². The second-order valence-electron chi connectivity index (χ2n) is 4.89. The maximum Gasteiger partial charge on any atom is 0.338 e. The lowest BCUT2D eigenvalue weighted by Gasteiger charge is -2.08. The number of esters is 1. The number of methoxy groups -OCH3 is 1. The smallest absolute Gasteiger partial charge is 0.338 e. The molecule has 0 spiro atoms. The van der Waals surface area contributed by atoms with E-state index in [4.69, 9.17) is 9.47 Å². The molecule has 0 unspecified atom stereocenters. The summed E-state index contributed by atoms with van der Waals surface area (Å²) in [6.07, 6.45) is 0. The van der Waals surface area contributed by atoms with Crippen LogP contribution in [0, 0.1) is 11.6 Å². The number of rotatable bonds is 6. The summed E-state index contributed by atoms with van der Waals surface area (Å²) in [5.41, 5.74) is 1.14. The fourth-order valence-electron chi connectivity index (χ4n) is 1.94. The van der Waals surface area contributed by atoms with Gasteiger partial charge < -0.3 is 14.8 Å². The molecule has 0 bridgehead atoms. The molecule has 0 fully saturated rings. The van der Waals surface area contributed by atoms with Crippen molar-refractivity contribution >= 4 is 17.6 Å². The van der Waals surface area contributed by atoms with Gasteiger partial charge in [-0.1, -0.05) is 12.1 Å². The van der Waals surface area contributed by atoms with Gasteiger partial charge in [-0.25, -0.2) is 13.6 Å². The summed E-state index contributed by atoms with van der Waals surface area (Å²) in [6.45, 7) is -0.204. The van der Waals surface area contributed by atoms with Gasteiger partial charge in [-0.3, -0.25) is 4.79 Å². The third kappa shape index (κ3) is 4.85. The van der Waals surface area contributed by atoms with Gasteiger partial charge in [0.15, 0.2) is 18.2 Å². The molecule has 0 heterocycles. The first-order chi connectivity index (χ1) is 11.5. The van der Waals surface area contributed by atoms with Crippen LogP contribution in [0.25, 0.3) is 0 Å². The molecule has 0 saturated heterocycles. The van der Waals surface area contributed by atoms with Crippen LogP contribution in [0.5, 0.6) is 0 Å². The highest BCUT2D eigenvalue weighted by Crippen LogP contribution is 2.13. The average Bonchev–Trinajstić information content (AvgIpc) is 2.56. The lowest BCUT2D eigenvalue weighted by atomic mass is 10.1. The van der Waals surface area contributed by atoms with E-state index in [9.17, 15) is 18.4 Å². The van der Waals surface area contributed by atoms with Crippen molar-refractivity contribution in [3.8, 4) is 0 Å². The van der Waals surface area contributed by atoms with Crippen LogP contribution in [0.2, 0.25) is 0 Å². The SMILES string of the molecule is COCc1cccc(C(=O)OCC(=O)Nc2ccc(F)c(F)c2)c1. The molecule has 0 radical (unpaired) electrons. The molecule has 5 nitrogen and oxygen atoms in total. The molecule has 0 aliphatic rings. The number of ether oxygens (including phenoxy) is 2. The molecular weight excluding hydrogens is 320 g/mol. The average molecular weight is 335 g/mol. The quantitative estimate of drug-likeness (QED) is 0.825. The second kappa shape index (κ2) is 8.16. The zero-order valence-corrected chi connectivity index (χ0v) is 12.8. The Labute approximate surface area is 137 Å². The van der Waals surface area contributed by atoms with Gasteiger partial charge in [0.1, 0.15) is 0 Å². The van der Waals surface area contributed by atoms with Crippen LogP contribution in [0.15, 0.2) is 42.5 Å². The number of benzene rings is 2. The highest BCUT2D eigenvalue weighted by molar-refractivity contribution is 5.95. The summed E-state index contributed by atoms with van der Waals surface area (Å²) in [5.74, 6) is -3.44. The molecule has 0 aliphatic heterocycles. The summed E-state index contributed by atoms with van der Waals surface area (Å²) in [5, 5.41) is 2.31. The van der Waals surface area contributed by atoms with E-state index in [1.165, 1.54) is 13.2 Å². The predicted octanol–water partition coefficient (Wildman–Crippen LogP) is 2.91. The molecule has 7 heteroatoms. The van der Waals surface area contributed by atoms with Crippen LogP contribution >= 0.6 is 0 Å². The maximum atomic E-state index is 13.0. The number of hydrogen-bond acceptors (Lipinski definition) is 4. The van der Waals surface area contributed by atoms with E-state index in [1.54, 1.807) is 24.3 Å². The van der Waals surface area contributed by atoms with Crippen LogP contribution in [0.1, 0.15) is 15.9 Å². The summed E-state index contributed by atoms with van der Waals surface area (Å²) >= 11 is 0. The summed E-state index contributed by atoms with van der Waals surface area (Å²) in [6, 6.07) is 9.53. The zero-order valence-electron chi connectivity index (χ0n) is 12.8. The van der Waals surface area contributed by atoms with Gasteiger partial charge in [-0.05, 0) is 29.8 Å². The van der Waals surface area contributed by atoms with Gasteiger partial charge in [0.25, 0.3) is 5.91 Å². The van der Waals surface area contributed by atoms with E-state index in [1.807, 2.05) is 0 Å². The monoisotopic (exact) mass is 335 g/mol. The Kier molecular flexibility index (Phi) is 5.97. The Morgan fingerprint density at radius 2 is 1.88 bits per heavy atom. The number of anilines is 1. The predicted molar refractivity (Wildman–Crippen MR) is 82.4 cm³/mol. The first-order valence-electron chi connectivity index (χ1n) is 6.99. The van der Waals surface area contributed by atoms with Crippen molar-refractivity contribution in [3.05, 3.63) is 65.2 Å². The molecule has 24 heavy (non-hydrogen) atoms. The van der Waals surface area contributed by atoms with Crippen molar-refractivity contribution in [2.45, 2.75) is 6.61 Å². The largest absolute Gasteiger partial charge is 0.452 e. The number of halogens is 2. The van der Waals surface area contributed by atoms with Crippen LogP contribution in [0.3, 0.4) is 0 Å². The first kappa shape index (κ1) is 17.6. The highest BCUT2D eigenvalue weighted by Gasteiger charge is 2.12. The van der Waals surface area contributed by atoms with Crippen molar-refractivity contribution < 1.29 is 27.8 Å². The minimum atomic E-state index is -1.08. The zero-order chi connectivity index (χ0) is 17.5. The number of carbonyl (C=O) groups excluding carboxylic acids is 2. The van der Waals surface area contributed by atoms with E-state index in [-0.39, 0.29) is 11.3 Å². The van der Waals surface area contributed by atoms with Crippen LogP contribution < -0.4 is 5.32 Å². The summed E-state index contributed by atoms with van der Waals surface area (Å²) in [7, 11) is 1.54. The Hall–Kier alpha value is -2.80. The van der Waals surface area contributed by atoms with E-state index in [0.29, 0.717) is 6.61 Å². The second-order valence-corrected chi connectivity index (χ2v) is 4.89. The van der Waals surface area contributed by atoms with Crippen molar-refractivity contribution in [1.29, 1.82) is 0 Å². The van der Waals surface area contributed by atoms with Gasteiger partial charge in [-0.15, -0.1) is 0 Å². The number of carbonyl (C=O) groups is 2. The Bertz CT molecular complexity index is 749. The normalized spacial score (nSPS) is 10.3. The fraction of sp³-hybridized carbons (Fsp3) is 0.176. The Morgan fingerprint density at radius 1 is 1.08 bits per heavy atom. The van der Waals surface area contributed by atoms with Crippen molar-refractivity contribution in [3.63, 3.8) is 0 Å².